The molecule has 3 aromatic rings. The number of ether oxygens (including phenoxy) is 2. The lowest BCUT2D eigenvalue weighted by molar-refractivity contribution is -0.132. The molecular weight excluding hydrogens is 442 g/mol. The van der Waals surface area contributed by atoms with Gasteiger partial charge in [0.2, 0.25) is 0 Å². The third-order valence-electron chi connectivity index (χ3n) is 6.23. The van der Waals surface area contributed by atoms with Crippen LogP contribution in [0.5, 0.6) is 11.5 Å². The summed E-state index contributed by atoms with van der Waals surface area (Å²) in [4.78, 5) is 28.2. The molecule has 1 fully saturated rings. The molecule has 6 nitrogen and oxygen atoms in total. The van der Waals surface area contributed by atoms with Gasteiger partial charge in [-0.25, -0.2) is 0 Å². The van der Waals surface area contributed by atoms with E-state index in [9.17, 15) is 14.7 Å². The van der Waals surface area contributed by atoms with E-state index in [1.165, 1.54) is 12.0 Å². The molecule has 1 saturated heterocycles. The van der Waals surface area contributed by atoms with E-state index in [1.54, 1.807) is 49.6 Å². The lowest BCUT2D eigenvalue weighted by Gasteiger charge is -2.27. The van der Waals surface area contributed by atoms with Crippen molar-refractivity contribution in [2.75, 3.05) is 19.1 Å². The van der Waals surface area contributed by atoms with E-state index in [0.29, 0.717) is 28.3 Å². The Kier molecular flexibility index (Phi) is 6.39. The van der Waals surface area contributed by atoms with Crippen LogP contribution >= 0.6 is 0 Å². The van der Waals surface area contributed by atoms with Crippen molar-refractivity contribution in [3.8, 4) is 11.5 Å². The van der Waals surface area contributed by atoms with Crippen LogP contribution in [0.4, 0.5) is 5.69 Å². The van der Waals surface area contributed by atoms with Crippen LogP contribution < -0.4 is 14.4 Å². The Balaban J connectivity index is 1.94. The summed E-state index contributed by atoms with van der Waals surface area (Å²) in [7, 11) is 3.04. The number of amides is 1. The number of para-hydroxylation sites is 1. The molecule has 1 N–H and O–H groups in total. The quantitative estimate of drug-likeness (QED) is 0.297. The Morgan fingerprint density at radius 3 is 2.20 bits per heavy atom. The van der Waals surface area contributed by atoms with Gasteiger partial charge in [0.15, 0.2) is 0 Å². The minimum atomic E-state index is -0.851. The zero-order chi connectivity index (χ0) is 25.3. The molecule has 1 aliphatic rings. The van der Waals surface area contributed by atoms with E-state index >= 15 is 0 Å². The first kappa shape index (κ1) is 24.1. The van der Waals surface area contributed by atoms with Gasteiger partial charge in [-0.15, -0.1) is 0 Å². The van der Waals surface area contributed by atoms with Crippen molar-refractivity contribution in [1.82, 2.24) is 0 Å². The summed E-state index contributed by atoms with van der Waals surface area (Å²) in [5, 5.41) is 11.4. The first-order valence-corrected chi connectivity index (χ1v) is 11.4. The first-order chi connectivity index (χ1) is 16.7. The molecule has 1 heterocycles. The van der Waals surface area contributed by atoms with E-state index in [2.05, 4.69) is 20.8 Å². The third-order valence-corrected chi connectivity index (χ3v) is 6.23. The number of anilines is 1. The molecule has 1 amide bonds. The predicted octanol–water partition coefficient (Wildman–Crippen LogP) is 5.63. The lowest BCUT2D eigenvalue weighted by atomic mass is 9.87. The highest BCUT2D eigenvalue weighted by atomic mass is 16.5. The van der Waals surface area contributed by atoms with E-state index in [-0.39, 0.29) is 16.7 Å². The molecule has 0 bridgehead atoms. The zero-order valence-corrected chi connectivity index (χ0v) is 20.5. The number of hydrogen-bond donors (Lipinski definition) is 1. The van der Waals surface area contributed by atoms with Crippen LogP contribution in [0, 0.1) is 0 Å². The van der Waals surface area contributed by atoms with E-state index < -0.39 is 17.7 Å². The number of aliphatic hydroxyl groups excluding tert-OH is 1. The normalized spacial score (nSPS) is 17.5. The second-order valence-electron chi connectivity index (χ2n) is 9.44. The van der Waals surface area contributed by atoms with Crippen LogP contribution in [0.1, 0.15) is 43.5 Å². The van der Waals surface area contributed by atoms with Gasteiger partial charge in [-0.1, -0.05) is 57.2 Å². The summed E-state index contributed by atoms with van der Waals surface area (Å²) in [6.45, 7) is 6.33. The maximum absolute atomic E-state index is 13.4. The fourth-order valence-corrected chi connectivity index (χ4v) is 4.33. The van der Waals surface area contributed by atoms with Gasteiger partial charge >= 0.3 is 0 Å². The van der Waals surface area contributed by atoms with Crippen LogP contribution in [0.25, 0.3) is 5.76 Å². The van der Waals surface area contributed by atoms with Crippen LogP contribution in [0.3, 0.4) is 0 Å². The van der Waals surface area contributed by atoms with Crippen molar-refractivity contribution in [3.05, 3.63) is 95.1 Å². The Bertz CT molecular complexity index is 1300. The first-order valence-electron chi connectivity index (χ1n) is 11.4. The molecule has 180 valence electrons. The van der Waals surface area contributed by atoms with Gasteiger partial charge in [0.25, 0.3) is 11.7 Å². The summed E-state index contributed by atoms with van der Waals surface area (Å²) in [6.07, 6.45) is 0. The Hall–Kier alpha value is -4.06. The van der Waals surface area contributed by atoms with Crippen molar-refractivity contribution in [1.29, 1.82) is 0 Å². The van der Waals surface area contributed by atoms with E-state index in [1.807, 2.05) is 30.3 Å². The summed E-state index contributed by atoms with van der Waals surface area (Å²) >= 11 is 0. The van der Waals surface area contributed by atoms with Crippen molar-refractivity contribution in [2.45, 2.75) is 32.2 Å². The number of hydrogen-bond acceptors (Lipinski definition) is 5. The highest BCUT2D eigenvalue weighted by Crippen LogP contribution is 2.44. The van der Waals surface area contributed by atoms with Gasteiger partial charge in [-0.05, 0) is 52.9 Å². The van der Waals surface area contributed by atoms with Crippen LogP contribution in [-0.4, -0.2) is 31.0 Å². The minimum absolute atomic E-state index is 0.00680. The molecular formula is C29H29NO5. The molecule has 1 atom stereocenters. The monoisotopic (exact) mass is 471 g/mol. The predicted molar refractivity (Wildman–Crippen MR) is 136 cm³/mol. The molecule has 0 aromatic heterocycles. The standard InChI is InChI=1S/C29H29NO5/c1-29(2,3)19-13-15-20(16-14-19)30-25(18-9-8-10-21(17-18)34-4)24(27(32)28(30)33)26(31)22-11-6-7-12-23(22)35-5/h6-17,25,31H,1-5H3/b26-24-. The maximum atomic E-state index is 13.4. The van der Waals surface area contributed by atoms with Crippen molar-refractivity contribution in [2.24, 2.45) is 0 Å². The smallest absolute Gasteiger partial charge is 0.300 e. The summed E-state index contributed by atoms with van der Waals surface area (Å²) in [5.74, 6) is -0.787. The van der Waals surface area contributed by atoms with Gasteiger partial charge < -0.3 is 14.6 Å². The summed E-state index contributed by atoms with van der Waals surface area (Å²) in [6, 6.07) is 20.7. The molecule has 1 unspecified atom stereocenters. The Morgan fingerprint density at radius 1 is 0.886 bits per heavy atom. The summed E-state index contributed by atoms with van der Waals surface area (Å²) in [5.41, 5.74) is 2.57. The third kappa shape index (κ3) is 4.39. The summed E-state index contributed by atoms with van der Waals surface area (Å²) < 4.78 is 10.8. The number of Topliss-reactive ketones (excluding diaryl/α,β-unsaturated/α-hetero) is 1. The number of methoxy groups -OCH3 is 2. The number of ketones is 1. The van der Waals surface area contributed by atoms with Gasteiger partial charge in [0, 0.05) is 5.69 Å². The molecule has 0 aliphatic carbocycles. The highest BCUT2D eigenvalue weighted by Gasteiger charge is 2.47. The maximum Gasteiger partial charge on any atom is 0.300 e. The zero-order valence-electron chi connectivity index (χ0n) is 20.5. The molecule has 35 heavy (non-hydrogen) atoms. The number of carbonyl (C=O) groups is 2. The Labute approximate surface area is 205 Å². The van der Waals surface area contributed by atoms with E-state index in [4.69, 9.17) is 9.47 Å². The van der Waals surface area contributed by atoms with Crippen LogP contribution in [0.2, 0.25) is 0 Å². The van der Waals surface area contributed by atoms with Gasteiger partial charge in [-0.3, -0.25) is 14.5 Å². The Morgan fingerprint density at radius 2 is 1.57 bits per heavy atom. The van der Waals surface area contributed by atoms with Crippen molar-refractivity contribution < 1.29 is 24.2 Å². The molecule has 4 rings (SSSR count). The average molecular weight is 472 g/mol. The number of benzene rings is 3. The second kappa shape index (κ2) is 9.29. The van der Waals surface area contributed by atoms with Gasteiger partial charge in [0.1, 0.15) is 17.3 Å². The topological polar surface area (TPSA) is 76.1 Å². The molecule has 1 aliphatic heterocycles. The number of carbonyl (C=O) groups excluding carboxylic acids is 2. The second-order valence-corrected chi connectivity index (χ2v) is 9.44. The van der Waals surface area contributed by atoms with Gasteiger partial charge in [-0.2, -0.15) is 0 Å². The minimum Gasteiger partial charge on any atom is -0.507 e. The van der Waals surface area contributed by atoms with Crippen LogP contribution in [-0.2, 0) is 15.0 Å². The van der Waals surface area contributed by atoms with Crippen LogP contribution in [0.15, 0.2) is 78.4 Å². The number of aliphatic hydroxyl groups is 1. The van der Waals surface area contributed by atoms with Gasteiger partial charge in [0.05, 0.1) is 31.4 Å². The fourth-order valence-electron chi connectivity index (χ4n) is 4.33. The molecule has 0 radical (unpaired) electrons. The molecule has 3 aromatic carbocycles. The van der Waals surface area contributed by atoms with Crippen molar-refractivity contribution >= 4 is 23.1 Å². The largest absolute Gasteiger partial charge is 0.507 e. The number of nitrogens with zero attached hydrogens (tertiary/aromatic N) is 1. The average Bonchev–Trinajstić information content (AvgIpc) is 3.13. The highest BCUT2D eigenvalue weighted by molar-refractivity contribution is 6.51. The lowest BCUT2D eigenvalue weighted by Crippen LogP contribution is -2.29. The SMILES string of the molecule is COc1cccc(C2/C(=C(/O)c3ccccc3OC)C(=O)C(=O)N2c2ccc(C(C)(C)C)cc2)c1. The van der Waals surface area contributed by atoms with Crippen molar-refractivity contribution in [3.63, 3.8) is 0 Å². The fraction of sp³-hybridized carbons (Fsp3) is 0.241. The van der Waals surface area contributed by atoms with E-state index in [0.717, 1.165) is 5.56 Å². The molecule has 6 heteroatoms. The number of rotatable bonds is 5. The molecule has 0 saturated carbocycles. The molecule has 0 spiro atoms.